The van der Waals surface area contributed by atoms with Crippen LogP contribution in [-0.2, 0) is 0 Å². The topological polar surface area (TPSA) is 90.0 Å². The smallest absolute Gasteiger partial charge is 0.181 e. The van der Waals surface area contributed by atoms with E-state index in [1.807, 2.05) is 44.2 Å². The quantitative estimate of drug-likeness (QED) is 0.640. The molecule has 0 saturated carbocycles. The van der Waals surface area contributed by atoms with E-state index in [-0.39, 0.29) is 8.90 Å². The van der Waals surface area contributed by atoms with Gasteiger partial charge in [-0.15, -0.1) is 0 Å². The highest BCUT2D eigenvalue weighted by Gasteiger charge is 2.36. The van der Waals surface area contributed by atoms with Crippen LogP contribution in [-0.4, -0.2) is 56.5 Å². The first kappa shape index (κ1) is 17.9. The second kappa shape index (κ2) is 7.25. The van der Waals surface area contributed by atoms with Gasteiger partial charge < -0.3 is 15.3 Å². The maximum absolute atomic E-state index is 10.9. The Morgan fingerprint density at radius 3 is 2.93 bits per heavy atom. The van der Waals surface area contributed by atoms with Crippen LogP contribution in [0.4, 0.5) is 5.82 Å². The summed E-state index contributed by atoms with van der Waals surface area (Å²) < 4.78 is 0. The van der Waals surface area contributed by atoms with Crippen LogP contribution >= 0.6 is 0 Å². The van der Waals surface area contributed by atoms with Gasteiger partial charge in [0.05, 0.1) is 23.0 Å². The highest BCUT2D eigenvalue weighted by molar-refractivity contribution is 5.89. The van der Waals surface area contributed by atoms with Crippen LogP contribution < -0.4 is 10.2 Å². The molecule has 1 aliphatic heterocycles. The minimum absolute atomic E-state index is 0. The average Bonchev–Trinajstić information content (AvgIpc) is 3.17. The molecule has 0 bridgehead atoms. The van der Waals surface area contributed by atoms with Gasteiger partial charge >= 0.3 is 0 Å². The lowest BCUT2D eigenvalue weighted by molar-refractivity contribution is -0.00674. The van der Waals surface area contributed by atoms with Gasteiger partial charge in [0.2, 0.25) is 0 Å². The largest absolute Gasteiger partial charge is 0.388 e. The number of pyridine rings is 2. The second-order valence-electron chi connectivity index (χ2n) is 7.12. The summed E-state index contributed by atoms with van der Waals surface area (Å²) in [5, 5.41) is 22.7. The fourth-order valence-corrected chi connectivity index (χ4v) is 3.84. The Morgan fingerprint density at radius 2 is 2.11 bits per heavy atom. The Bertz CT molecular complexity index is 930. The molecule has 0 aromatic carbocycles. The predicted molar refractivity (Wildman–Crippen MR) is 111 cm³/mol. The number of nitrogens with zero attached hydrogens (tertiary/aromatic N) is 4. The summed E-state index contributed by atoms with van der Waals surface area (Å²) in [5.74, 6) is 0.917. The molecule has 1 aliphatic rings. The number of hydrogen-bond acceptors (Lipinski definition) is 6. The van der Waals surface area contributed by atoms with Crippen LogP contribution in [0, 0.1) is 0 Å². The summed E-state index contributed by atoms with van der Waals surface area (Å²) in [5.41, 5.74) is 1.73. The molecule has 1 saturated heterocycles. The van der Waals surface area contributed by atoms with Crippen molar-refractivity contribution in [3.05, 3.63) is 36.5 Å². The zero-order valence-corrected chi connectivity index (χ0v) is 15.8. The summed E-state index contributed by atoms with van der Waals surface area (Å²) in [6.07, 6.45) is 3.20. The minimum atomic E-state index is -0.693. The van der Waals surface area contributed by atoms with Crippen molar-refractivity contribution in [3.63, 3.8) is 0 Å². The van der Waals surface area contributed by atoms with Crippen LogP contribution in [0.1, 0.15) is 29.5 Å². The lowest BCUT2D eigenvalue weighted by Gasteiger charge is -2.42. The van der Waals surface area contributed by atoms with Gasteiger partial charge in [0.25, 0.3) is 0 Å². The molecule has 0 amide bonds. The van der Waals surface area contributed by atoms with E-state index < -0.39 is 5.60 Å². The monoisotopic (exact) mass is 370 g/mol. The molecule has 0 aliphatic carbocycles. The fourth-order valence-electron chi connectivity index (χ4n) is 3.84. The number of fused-ring (bicyclic) bond motifs is 1. The number of H-pyrrole nitrogens is 1. The molecule has 1 atom stereocenters. The highest BCUT2D eigenvalue weighted by atomic mass is 16.3. The van der Waals surface area contributed by atoms with Gasteiger partial charge in [-0.05, 0) is 37.1 Å². The van der Waals surface area contributed by atoms with Crippen molar-refractivity contribution in [3.8, 4) is 11.4 Å². The fraction of sp³-hybridized carbons (Fsp3) is 0.450. The van der Waals surface area contributed by atoms with Gasteiger partial charge in [0, 0.05) is 34.1 Å². The number of anilines is 1. The number of aromatic nitrogens is 4. The first-order chi connectivity index (χ1) is 13.1. The Hall–Kier alpha value is -2.51. The van der Waals surface area contributed by atoms with Crippen molar-refractivity contribution in [1.29, 1.82) is 0 Å². The van der Waals surface area contributed by atoms with Crippen molar-refractivity contribution in [2.24, 2.45) is 0 Å². The van der Waals surface area contributed by atoms with Gasteiger partial charge in [-0.25, -0.2) is 9.97 Å². The molecule has 3 aromatic heterocycles. The van der Waals surface area contributed by atoms with Crippen molar-refractivity contribution in [1.82, 2.24) is 25.5 Å². The van der Waals surface area contributed by atoms with Gasteiger partial charge in [-0.3, -0.25) is 5.10 Å². The van der Waals surface area contributed by atoms with Crippen LogP contribution in [0.3, 0.4) is 0 Å². The van der Waals surface area contributed by atoms with Crippen LogP contribution in [0.25, 0.3) is 22.4 Å². The van der Waals surface area contributed by atoms with E-state index in [2.05, 4.69) is 25.4 Å². The van der Waals surface area contributed by atoms with Gasteiger partial charge in [0.15, 0.2) is 5.65 Å². The first-order valence-corrected chi connectivity index (χ1v) is 9.62. The summed E-state index contributed by atoms with van der Waals surface area (Å²) in [4.78, 5) is 11.4. The SMILES string of the molecule is CCC(O)(CC)C1CN(c2cccc(-c3[nH]nc4ncccc34)n2)CCN1.[HH].[HH]. The normalized spacial score (nSPS) is 18.2. The van der Waals surface area contributed by atoms with E-state index in [0.717, 1.165) is 55.1 Å². The molecule has 27 heavy (non-hydrogen) atoms. The molecular formula is C20H30N6O. The molecule has 0 radical (unpaired) electrons. The lowest BCUT2D eigenvalue weighted by atomic mass is 9.87. The van der Waals surface area contributed by atoms with Crippen molar-refractivity contribution in [2.45, 2.75) is 38.3 Å². The molecule has 1 fully saturated rings. The maximum Gasteiger partial charge on any atom is 0.181 e. The van der Waals surface area contributed by atoms with E-state index in [4.69, 9.17) is 4.98 Å². The zero-order valence-electron chi connectivity index (χ0n) is 15.8. The van der Waals surface area contributed by atoms with Crippen molar-refractivity contribution in [2.75, 3.05) is 24.5 Å². The maximum atomic E-state index is 10.9. The Labute approximate surface area is 161 Å². The number of nitrogens with one attached hydrogen (secondary N) is 2. The van der Waals surface area contributed by atoms with E-state index in [0.29, 0.717) is 5.65 Å². The summed E-state index contributed by atoms with van der Waals surface area (Å²) in [6.45, 7) is 6.51. The molecule has 3 N–H and O–H groups in total. The average molecular weight is 371 g/mol. The van der Waals surface area contributed by atoms with Gasteiger partial charge in [-0.1, -0.05) is 19.9 Å². The van der Waals surface area contributed by atoms with Crippen molar-refractivity contribution >= 4 is 16.9 Å². The molecule has 146 valence electrons. The lowest BCUT2D eigenvalue weighted by Crippen LogP contribution is -2.61. The zero-order chi connectivity index (χ0) is 18.9. The Morgan fingerprint density at radius 1 is 1.26 bits per heavy atom. The van der Waals surface area contributed by atoms with E-state index in [1.165, 1.54) is 0 Å². The second-order valence-corrected chi connectivity index (χ2v) is 7.12. The highest BCUT2D eigenvalue weighted by Crippen LogP contribution is 2.27. The van der Waals surface area contributed by atoms with Gasteiger partial charge in [0.1, 0.15) is 5.82 Å². The van der Waals surface area contributed by atoms with E-state index in [9.17, 15) is 5.11 Å². The number of hydrogen-bond donors (Lipinski definition) is 3. The van der Waals surface area contributed by atoms with E-state index in [1.54, 1.807) is 6.20 Å². The third kappa shape index (κ3) is 3.28. The van der Waals surface area contributed by atoms with Crippen LogP contribution in [0.15, 0.2) is 36.5 Å². The number of piperazine rings is 1. The van der Waals surface area contributed by atoms with E-state index >= 15 is 0 Å². The summed E-state index contributed by atoms with van der Waals surface area (Å²) in [6, 6.07) is 9.96. The van der Waals surface area contributed by atoms with Crippen LogP contribution in [0.5, 0.6) is 0 Å². The molecule has 3 aromatic rings. The minimum Gasteiger partial charge on any atom is -0.388 e. The molecule has 7 nitrogen and oxygen atoms in total. The predicted octanol–water partition coefficient (Wildman–Crippen LogP) is 2.84. The molecule has 0 spiro atoms. The third-order valence-electron chi connectivity index (χ3n) is 5.69. The Kier molecular flexibility index (Phi) is 4.80. The summed E-state index contributed by atoms with van der Waals surface area (Å²) >= 11 is 0. The summed E-state index contributed by atoms with van der Waals surface area (Å²) in [7, 11) is 0. The number of rotatable bonds is 5. The number of aliphatic hydroxyl groups is 1. The standard InChI is InChI=1S/C20H26N6O.2H2/c1-3-20(27,4-2)16-13-26(12-11-21-16)17-9-5-8-15(23-17)18-14-7-6-10-22-19(14)25-24-18;;/h5-10,16,21,27H,3-4,11-13H2,1-2H3,(H,22,24,25);2*1H. The first-order valence-electron chi connectivity index (χ1n) is 9.62. The number of aromatic amines is 1. The van der Waals surface area contributed by atoms with Crippen LogP contribution in [0.2, 0.25) is 0 Å². The van der Waals surface area contributed by atoms with Crippen molar-refractivity contribution < 1.29 is 7.96 Å². The third-order valence-corrected chi connectivity index (χ3v) is 5.69. The molecule has 4 rings (SSSR count). The molecular weight excluding hydrogens is 340 g/mol. The van der Waals surface area contributed by atoms with Gasteiger partial charge in [-0.2, -0.15) is 5.10 Å². The molecule has 1 unspecified atom stereocenters. The Balaban J connectivity index is 0.00000150. The molecule has 7 heteroatoms. The molecule has 4 heterocycles.